The molecule has 2 aromatic carbocycles. The Morgan fingerprint density at radius 2 is 1.86 bits per heavy atom. The van der Waals surface area contributed by atoms with Crippen molar-refractivity contribution < 1.29 is 14.2 Å². The third-order valence-corrected chi connectivity index (χ3v) is 4.23. The summed E-state index contributed by atoms with van der Waals surface area (Å²) >= 11 is 0. The molecule has 2 heterocycles. The minimum Gasteiger partial charge on any atom is -0.489 e. The highest BCUT2D eigenvalue weighted by Gasteiger charge is 2.06. The van der Waals surface area contributed by atoms with E-state index in [1.807, 2.05) is 0 Å². The summed E-state index contributed by atoms with van der Waals surface area (Å²) in [5.41, 5.74) is 2.95. The molecule has 0 aliphatic heterocycles. The quantitative estimate of drug-likeness (QED) is 0.579. The Bertz CT molecular complexity index is 1190. The monoisotopic (exact) mass is 377 g/mol. The molecule has 1 N–H and O–H groups in total. The summed E-state index contributed by atoms with van der Waals surface area (Å²) in [6.45, 7) is 0.0615. The van der Waals surface area contributed by atoms with Crippen molar-refractivity contribution >= 4 is 11.0 Å². The number of benzene rings is 2. The van der Waals surface area contributed by atoms with Crippen molar-refractivity contribution in [1.29, 1.82) is 0 Å². The number of hydrogen-bond acceptors (Lipinski definition) is 5. The second-order valence-electron chi connectivity index (χ2n) is 6.18. The summed E-state index contributed by atoms with van der Waals surface area (Å²) in [4.78, 5) is 21.0. The van der Waals surface area contributed by atoms with Gasteiger partial charge in [-0.25, -0.2) is 9.37 Å². The SMILES string of the molecule is O=c1cc(OCc2ccc(F)cc2)ccn1-c1ccc2nc(CO)cnc2c1. The second kappa shape index (κ2) is 7.58. The van der Waals surface area contributed by atoms with Crippen LogP contribution in [0.4, 0.5) is 4.39 Å². The summed E-state index contributed by atoms with van der Waals surface area (Å²) in [6.07, 6.45) is 3.13. The fourth-order valence-electron chi connectivity index (χ4n) is 2.77. The lowest BCUT2D eigenvalue weighted by Gasteiger charge is -2.10. The van der Waals surface area contributed by atoms with Gasteiger partial charge in [0, 0.05) is 12.3 Å². The Kier molecular flexibility index (Phi) is 4.82. The standard InChI is InChI=1S/C21H16FN3O3/c22-15-3-1-14(2-4-15)13-28-18-7-8-25(21(27)10-18)17-5-6-19-20(9-17)23-11-16(12-26)24-19/h1-11,26H,12-13H2. The fraction of sp³-hybridized carbons (Fsp3) is 0.0952. The number of rotatable bonds is 5. The van der Waals surface area contributed by atoms with Gasteiger partial charge < -0.3 is 9.84 Å². The number of fused-ring (bicyclic) bond motifs is 1. The summed E-state index contributed by atoms with van der Waals surface area (Å²) in [7, 11) is 0. The molecule has 0 unspecified atom stereocenters. The number of aliphatic hydroxyl groups excluding tert-OH is 1. The Balaban J connectivity index is 1.56. The number of ether oxygens (including phenoxy) is 1. The molecule has 0 bridgehead atoms. The van der Waals surface area contributed by atoms with Crippen LogP contribution in [0.1, 0.15) is 11.3 Å². The highest BCUT2D eigenvalue weighted by molar-refractivity contribution is 5.76. The molecule has 7 heteroatoms. The molecule has 0 fully saturated rings. The third-order valence-electron chi connectivity index (χ3n) is 4.23. The van der Waals surface area contributed by atoms with Gasteiger partial charge in [0.1, 0.15) is 18.2 Å². The lowest BCUT2D eigenvalue weighted by Crippen LogP contribution is -2.16. The largest absolute Gasteiger partial charge is 0.489 e. The van der Waals surface area contributed by atoms with Crippen LogP contribution in [-0.4, -0.2) is 19.6 Å². The first kappa shape index (κ1) is 17.8. The maximum atomic E-state index is 12.9. The highest BCUT2D eigenvalue weighted by Crippen LogP contribution is 2.16. The fourth-order valence-corrected chi connectivity index (χ4v) is 2.77. The average Bonchev–Trinajstić information content (AvgIpc) is 2.72. The molecule has 0 amide bonds. The molecule has 4 rings (SSSR count). The van der Waals surface area contributed by atoms with Gasteiger partial charge in [0.2, 0.25) is 0 Å². The molecule has 0 aliphatic rings. The van der Waals surface area contributed by atoms with Crippen LogP contribution in [0.25, 0.3) is 16.7 Å². The maximum Gasteiger partial charge on any atom is 0.258 e. The van der Waals surface area contributed by atoms with Crippen LogP contribution in [0.3, 0.4) is 0 Å². The predicted octanol–water partition coefficient (Wildman–Crippen LogP) is 2.99. The minimum atomic E-state index is -0.306. The van der Waals surface area contributed by atoms with Crippen LogP contribution < -0.4 is 10.3 Å². The molecule has 0 radical (unpaired) electrons. The zero-order chi connectivity index (χ0) is 19.5. The van der Waals surface area contributed by atoms with E-state index in [0.29, 0.717) is 28.2 Å². The second-order valence-corrected chi connectivity index (χ2v) is 6.18. The van der Waals surface area contributed by atoms with E-state index >= 15 is 0 Å². The number of halogens is 1. The van der Waals surface area contributed by atoms with Crippen molar-refractivity contribution in [2.75, 3.05) is 0 Å². The van der Waals surface area contributed by atoms with E-state index in [1.54, 1.807) is 42.6 Å². The highest BCUT2D eigenvalue weighted by atomic mass is 19.1. The van der Waals surface area contributed by atoms with Gasteiger partial charge >= 0.3 is 0 Å². The van der Waals surface area contributed by atoms with E-state index in [1.165, 1.54) is 29.0 Å². The van der Waals surface area contributed by atoms with Crippen molar-refractivity contribution in [1.82, 2.24) is 14.5 Å². The van der Waals surface area contributed by atoms with Crippen LogP contribution >= 0.6 is 0 Å². The van der Waals surface area contributed by atoms with Gasteiger partial charge in [-0.05, 0) is 42.0 Å². The molecule has 0 aliphatic carbocycles. The molecule has 4 aromatic rings. The molecular formula is C21H16FN3O3. The number of aliphatic hydroxyl groups is 1. The molecule has 0 atom stereocenters. The Morgan fingerprint density at radius 1 is 1.04 bits per heavy atom. The normalized spacial score (nSPS) is 10.9. The Morgan fingerprint density at radius 3 is 2.61 bits per heavy atom. The van der Waals surface area contributed by atoms with Gasteiger partial charge in [-0.2, -0.15) is 0 Å². The number of nitrogens with zero attached hydrogens (tertiary/aromatic N) is 3. The van der Waals surface area contributed by atoms with Gasteiger partial charge in [0.25, 0.3) is 5.56 Å². The zero-order valence-electron chi connectivity index (χ0n) is 14.7. The van der Waals surface area contributed by atoms with Crippen LogP contribution in [-0.2, 0) is 13.2 Å². The van der Waals surface area contributed by atoms with E-state index < -0.39 is 0 Å². The molecule has 140 valence electrons. The van der Waals surface area contributed by atoms with Crippen LogP contribution in [0.2, 0.25) is 0 Å². The van der Waals surface area contributed by atoms with Crippen molar-refractivity contribution in [2.24, 2.45) is 0 Å². The van der Waals surface area contributed by atoms with E-state index in [2.05, 4.69) is 9.97 Å². The van der Waals surface area contributed by atoms with Gasteiger partial charge in [-0.3, -0.25) is 14.3 Å². The number of hydrogen-bond donors (Lipinski definition) is 1. The van der Waals surface area contributed by atoms with Crippen LogP contribution in [0, 0.1) is 5.82 Å². The number of pyridine rings is 1. The first-order valence-corrected chi connectivity index (χ1v) is 8.59. The van der Waals surface area contributed by atoms with E-state index in [9.17, 15) is 9.18 Å². The van der Waals surface area contributed by atoms with Crippen molar-refractivity contribution in [3.8, 4) is 11.4 Å². The summed E-state index contributed by atoms with van der Waals surface area (Å²) in [5, 5.41) is 9.14. The average molecular weight is 377 g/mol. The smallest absolute Gasteiger partial charge is 0.258 e. The summed E-state index contributed by atoms with van der Waals surface area (Å²) < 4.78 is 20.0. The molecule has 0 saturated heterocycles. The van der Waals surface area contributed by atoms with Crippen molar-refractivity contribution in [3.63, 3.8) is 0 Å². The van der Waals surface area contributed by atoms with Crippen LogP contribution in [0.15, 0.2) is 71.8 Å². The Hall–Kier alpha value is -3.58. The van der Waals surface area contributed by atoms with Gasteiger partial charge in [-0.15, -0.1) is 0 Å². The zero-order valence-corrected chi connectivity index (χ0v) is 14.7. The first-order chi connectivity index (χ1) is 13.6. The van der Waals surface area contributed by atoms with Gasteiger partial charge in [0.05, 0.1) is 35.2 Å². The Labute approximate surface area is 159 Å². The molecular weight excluding hydrogens is 361 g/mol. The topological polar surface area (TPSA) is 77.2 Å². The molecule has 28 heavy (non-hydrogen) atoms. The summed E-state index contributed by atoms with van der Waals surface area (Å²) in [6, 6.07) is 14.4. The van der Waals surface area contributed by atoms with Crippen LogP contribution in [0.5, 0.6) is 5.75 Å². The van der Waals surface area contributed by atoms with E-state index in [-0.39, 0.29) is 24.6 Å². The maximum absolute atomic E-state index is 12.9. The van der Waals surface area contributed by atoms with Crippen molar-refractivity contribution in [3.05, 3.63) is 94.4 Å². The lowest BCUT2D eigenvalue weighted by atomic mass is 10.2. The molecule has 0 spiro atoms. The van der Waals surface area contributed by atoms with Gasteiger partial charge in [0.15, 0.2) is 0 Å². The minimum absolute atomic E-state index is 0.177. The third kappa shape index (κ3) is 3.74. The van der Waals surface area contributed by atoms with Crippen molar-refractivity contribution in [2.45, 2.75) is 13.2 Å². The van der Waals surface area contributed by atoms with E-state index in [0.717, 1.165) is 5.56 Å². The summed E-state index contributed by atoms with van der Waals surface area (Å²) in [5.74, 6) is 0.123. The van der Waals surface area contributed by atoms with E-state index in [4.69, 9.17) is 9.84 Å². The lowest BCUT2D eigenvalue weighted by molar-refractivity contribution is 0.277. The first-order valence-electron chi connectivity index (χ1n) is 8.59. The molecule has 0 saturated carbocycles. The molecule has 2 aromatic heterocycles. The molecule has 6 nitrogen and oxygen atoms in total. The predicted molar refractivity (Wildman–Crippen MR) is 102 cm³/mol. The van der Waals surface area contributed by atoms with Gasteiger partial charge in [-0.1, -0.05) is 12.1 Å². The number of aromatic nitrogens is 3.